The second-order valence-corrected chi connectivity index (χ2v) is 4.74. The van der Waals surface area contributed by atoms with E-state index in [9.17, 15) is 9.18 Å². The number of imidazole rings is 1. The van der Waals surface area contributed by atoms with Gasteiger partial charge in [0.2, 0.25) is 0 Å². The molecule has 0 aliphatic heterocycles. The summed E-state index contributed by atoms with van der Waals surface area (Å²) in [7, 11) is 3.76. The number of benzene rings is 1. The van der Waals surface area contributed by atoms with Crippen molar-refractivity contribution < 1.29 is 14.3 Å². The Hall–Kier alpha value is -2.21. The topological polar surface area (TPSA) is 58.4 Å². The zero-order chi connectivity index (χ0) is 14.7. The van der Waals surface area contributed by atoms with Crippen molar-refractivity contribution in [3.63, 3.8) is 0 Å². The number of nitrogens with zero attached hydrogens (tertiary/aromatic N) is 3. The minimum Gasteiger partial charge on any atom is -0.478 e. The SMILES string of the molecule is CN(Cc1ccc(C(=O)O)cc1F)Cc1nccn1C. The van der Waals surface area contributed by atoms with Crippen LogP contribution in [0.15, 0.2) is 30.6 Å². The molecule has 6 heteroatoms. The highest BCUT2D eigenvalue weighted by molar-refractivity contribution is 5.87. The molecule has 0 saturated heterocycles. The van der Waals surface area contributed by atoms with Crippen LogP contribution in [0, 0.1) is 5.82 Å². The Labute approximate surface area is 116 Å². The van der Waals surface area contributed by atoms with Gasteiger partial charge in [-0.15, -0.1) is 0 Å². The molecule has 0 unspecified atom stereocenters. The van der Waals surface area contributed by atoms with Gasteiger partial charge in [0.15, 0.2) is 0 Å². The van der Waals surface area contributed by atoms with Crippen molar-refractivity contribution >= 4 is 5.97 Å². The van der Waals surface area contributed by atoms with Gasteiger partial charge in [-0.05, 0) is 19.2 Å². The largest absolute Gasteiger partial charge is 0.478 e. The molecular weight excluding hydrogens is 261 g/mol. The molecule has 1 aromatic carbocycles. The van der Waals surface area contributed by atoms with Crippen LogP contribution >= 0.6 is 0 Å². The van der Waals surface area contributed by atoms with E-state index >= 15 is 0 Å². The molecule has 2 aromatic rings. The van der Waals surface area contributed by atoms with Gasteiger partial charge in [0.05, 0.1) is 12.1 Å². The molecule has 0 aliphatic rings. The van der Waals surface area contributed by atoms with E-state index in [1.807, 2.05) is 29.8 Å². The molecule has 1 aromatic heterocycles. The quantitative estimate of drug-likeness (QED) is 0.906. The molecule has 1 heterocycles. The monoisotopic (exact) mass is 277 g/mol. The molecule has 1 N–H and O–H groups in total. The van der Waals surface area contributed by atoms with Crippen LogP contribution in [0.25, 0.3) is 0 Å². The van der Waals surface area contributed by atoms with Crippen LogP contribution in [-0.2, 0) is 20.1 Å². The first-order valence-corrected chi connectivity index (χ1v) is 6.14. The Morgan fingerprint density at radius 2 is 2.20 bits per heavy atom. The fourth-order valence-electron chi connectivity index (χ4n) is 1.95. The predicted octanol–water partition coefficient (Wildman–Crippen LogP) is 1.89. The Morgan fingerprint density at radius 1 is 1.45 bits per heavy atom. The molecule has 0 radical (unpaired) electrons. The molecular formula is C14H16FN3O2. The van der Waals surface area contributed by atoms with Gasteiger partial charge in [-0.3, -0.25) is 4.90 Å². The first kappa shape index (κ1) is 14.2. The van der Waals surface area contributed by atoms with E-state index in [2.05, 4.69) is 4.98 Å². The maximum absolute atomic E-state index is 13.8. The minimum atomic E-state index is -1.13. The third kappa shape index (κ3) is 3.21. The van der Waals surface area contributed by atoms with Crippen LogP contribution < -0.4 is 0 Å². The summed E-state index contributed by atoms with van der Waals surface area (Å²) in [4.78, 5) is 16.9. The van der Waals surface area contributed by atoms with Gasteiger partial charge in [0.1, 0.15) is 11.6 Å². The summed E-state index contributed by atoms with van der Waals surface area (Å²) in [5.74, 6) is -0.747. The van der Waals surface area contributed by atoms with Crippen molar-refractivity contribution in [1.82, 2.24) is 14.5 Å². The van der Waals surface area contributed by atoms with E-state index in [0.29, 0.717) is 18.7 Å². The fraction of sp³-hybridized carbons (Fsp3) is 0.286. The summed E-state index contributed by atoms with van der Waals surface area (Å²) in [5, 5.41) is 8.80. The predicted molar refractivity (Wildman–Crippen MR) is 71.7 cm³/mol. The summed E-state index contributed by atoms with van der Waals surface area (Å²) in [6, 6.07) is 3.97. The van der Waals surface area contributed by atoms with Crippen molar-refractivity contribution in [2.45, 2.75) is 13.1 Å². The Bertz CT molecular complexity index is 625. The van der Waals surface area contributed by atoms with E-state index in [4.69, 9.17) is 5.11 Å². The van der Waals surface area contributed by atoms with Crippen LogP contribution in [-0.4, -0.2) is 32.6 Å². The number of aromatic carboxylic acids is 1. The number of rotatable bonds is 5. The lowest BCUT2D eigenvalue weighted by Crippen LogP contribution is -2.20. The number of aryl methyl sites for hydroxylation is 1. The molecule has 106 valence electrons. The van der Waals surface area contributed by atoms with Gasteiger partial charge in [0, 0.05) is 31.5 Å². The minimum absolute atomic E-state index is 0.0435. The van der Waals surface area contributed by atoms with Gasteiger partial charge in [-0.1, -0.05) is 6.07 Å². The molecule has 0 saturated carbocycles. The lowest BCUT2D eigenvalue weighted by atomic mass is 10.1. The number of hydrogen-bond acceptors (Lipinski definition) is 3. The number of carboxylic acid groups (broad SMARTS) is 1. The number of halogens is 1. The van der Waals surface area contributed by atoms with Crippen LogP contribution in [0.3, 0.4) is 0 Å². The van der Waals surface area contributed by atoms with Crippen molar-refractivity contribution in [3.05, 3.63) is 53.4 Å². The maximum atomic E-state index is 13.8. The summed E-state index contributed by atoms with van der Waals surface area (Å²) >= 11 is 0. The molecule has 0 amide bonds. The average molecular weight is 277 g/mol. The molecule has 0 spiro atoms. The third-order valence-electron chi connectivity index (χ3n) is 3.07. The molecule has 0 fully saturated rings. The zero-order valence-electron chi connectivity index (χ0n) is 11.4. The van der Waals surface area contributed by atoms with Gasteiger partial charge in [-0.25, -0.2) is 14.2 Å². The van der Waals surface area contributed by atoms with E-state index in [1.54, 1.807) is 6.20 Å². The Balaban J connectivity index is 2.06. The molecule has 0 bridgehead atoms. The smallest absolute Gasteiger partial charge is 0.335 e. The number of carboxylic acids is 1. The second kappa shape index (κ2) is 5.83. The van der Waals surface area contributed by atoms with Crippen molar-refractivity contribution in [1.29, 1.82) is 0 Å². The van der Waals surface area contributed by atoms with Crippen LogP contribution in [0.4, 0.5) is 4.39 Å². The highest BCUT2D eigenvalue weighted by Crippen LogP contribution is 2.13. The maximum Gasteiger partial charge on any atom is 0.335 e. The number of aromatic nitrogens is 2. The van der Waals surface area contributed by atoms with E-state index < -0.39 is 11.8 Å². The summed E-state index contributed by atoms with van der Waals surface area (Å²) in [5.41, 5.74) is 0.421. The lowest BCUT2D eigenvalue weighted by Gasteiger charge is -2.17. The van der Waals surface area contributed by atoms with E-state index in [1.165, 1.54) is 12.1 Å². The number of hydrogen-bond donors (Lipinski definition) is 1. The summed E-state index contributed by atoms with van der Waals surface area (Å²) in [6.45, 7) is 0.974. The average Bonchev–Trinajstić information content (AvgIpc) is 2.77. The molecule has 5 nitrogen and oxygen atoms in total. The van der Waals surface area contributed by atoms with Crippen molar-refractivity contribution in [3.8, 4) is 0 Å². The first-order chi connectivity index (χ1) is 9.47. The molecule has 20 heavy (non-hydrogen) atoms. The Kier molecular flexibility index (Phi) is 4.14. The van der Waals surface area contributed by atoms with Gasteiger partial charge < -0.3 is 9.67 Å². The van der Waals surface area contributed by atoms with Gasteiger partial charge >= 0.3 is 5.97 Å². The fourth-order valence-corrected chi connectivity index (χ4v) is 1.95. The van der Waals surface area contributed by atoms with Crippen molar-refractivity contribution in [2.24, 2.45) is 7.05 Å². The lowest BCUT2D eigenvalue weighted by molar-refractivity contribution is 0.0696. The van der Waals surface area contributed by atoms with E-state index in [0.717, 1.165) is 11.9 Å². The van der Waals surface area contributed by atoms with E-state index in [-0.39, 0.29) is 5.56 Å². The third-order valence-corrected chi connectivity index (χ3v) is 3.07. The first-order valence-electron chi connectivity index (χ1n) is 6.14. The number of carbonyl (C=O) groups is 1. The van der Waals surface area contributed by atoms with Crippen LogP contribution in [0.2, 0.25) is 0 Å². The summed E-state index contributed by atoms with van der Waals surface area (Å²) < 4.78 is 15.7. The Morgan fingerprint density at radius 3 is 2.75 bits per heavy atom. The standard InChI is InChI=1S/C14H16FN3O2/c1-17(9-13-16-5-6-18(13)2)8-11-4-3-10(14(19)20)7-12(11)15/h3-7H,8-9H2,1-2H3,(H,19,20). The molecule has 0 aliphatic carbocycles. The van der Waals surface area contributed by atoms with Crippen molar-refractivity contribution in [2.75, 3.05) is 7.05 Å². The van der Waals surface area contributed by atoms with Crippen LogP contribution in [0.1, 0.15) is 21.7 Å². The zero-order valence-corrected chi connectivity index (χ0v) is 11.4. The van der Waals surface area contributed by atoms with Gasteiger partial charge in [0.25, 0.3) is 0 Å². The molecule has 0 atom stereocenters. The van der Waals surface area contributed by atoms with Gasteiger partial charge in [-0.2, -0.15) is 0 Å². The highest BCUT2D eigenvalue weighted by atomic mass is 19.1. The second-order valence-electron chi connectivity index (χ2n) is 4.74. The normalized spacial score (nSPS) is 11.0. The molecule has 2 rings (SSSR count). The highest BCUT2D eigenvalue weighted by Gasteiger charge is 2.11. The van der Waals surface area contributed by atoms with Crippen LogP contribution in [0.5, 0.6) is 0 Å². The summed E-state index contributed by atoms with van der Waals surface area (Å²) in [6.07, 6.45) is 3.57.